The van der Waals surface area contributed by atoms with Crippen LogP contribution in [0.5, 0.6) is 17.2 Å². The van der Waals surface area contributed by atoms with Gasteiger partial charge in [-0.25, -0.2) is 0 Å². The van der Waals surface area contributed by atoms with E-state index in [1.807, 2.05) is 0 Å². The Hall–Kier alpha value is -2.97. The van der Waals surface area contributed by atoms with Crippen LogP contribution < -0.4 is 14.2 Å². The monoisotopic (exact) mass is 447 g/mol. The van der Waals surface area contributed by atoms with Crippen LogP contribution in [-0.4, -0.2) is 49.7 Å². The molecule has 1 aliphatic heterocycles. The van der Waals surface area contributed by atoms with Crippen molar-refractivity contribution in [3.63, 3.8) is 0 Å². The Morgan fingerprint density at radius 2 is 1.63 bits per heavy atom. The van der Waals surface area contributed by atoms with E-state index in [1.54, 1.807) is 42.5 Å². The molecule has 0 saturated carbocycles. The number of carbonyl (C=O) groups excluding carboxylic acids is 3. The molecule has 0 spiro atoms. The van der Waals surface area contributed by atoms with E-state index in [4.69, 9.17) is 25.8 Å². The highest BCUT2D eigenvalue weighted by atomic mass is 35.5. The van der Waals surface area contributed by atoms with Crippen LogP contribution in [0.25, 0.3) is 6.08 Å². The first-order valence-electron chi connectivity index (χ1n) is 8.72. The standard InChI is InChI=1S/C21H18ClNO6S/c1-27-16-8-12(9-17(28-2)19(16)29-3)10-18-20(25)23(21(26)30-18)11-15(24)13-4-6-14(22)7-5-13/h4-10H,11H2,1-3H3/b18-10+. The molecular weight excluding hydrogens is 430 g/mol. The zero-order valence-electron chi connectivity index (χ0n) is 16.4. The molecular formula is C21H18ClNO6S. The van der Waals surface area contributed by atoms with Gasteiger partial charge >= 0.3 is 0 Å². The topological polar surface area (TPSA) is 82.1 Å². The summed E-state index contributed by atoms with van der Waals surface area (Å²) in [7, 11) is 4.46. The normalized spacial score (nSPS) is 14.9. The van der Waals surface area contributed by atoms with Gasteiger partial charge < -0.3 is 14.2 Å². The third-order valence-electron chi connectivity index (χ3n) is 4.33. The number of nitrogens with zero attached hydrogens (tertiary/aromatic N) is 1. The molecule has 0 aliphatic carbocycles. The zero-order chi connectivity index (χ0) is 21.8. The average molecular weight is 448 g/mol. The van der Waals surface area contributed by atoms with Gasteiger partial charge in [0.1, 0.15) is 0 Å². The molecule has 0 bridgehead atoms. The Balaban J connectivity index is 1.84. The molecule has 1 saturated heterocycles. The molecule has 1 fully saturated rings. The SMILES string of the molecule is COc1cc(/C=C2/SC(=O)N(CC(=O)c3ccc(Cl)cc3)C2=O)cc(OC)c1OC. The maximum absolute atomic E-state index is 12.7. The maximum Gasteiger partial charge on any atom is 0.293 e. The van der Waals surface area contributed by atoms with Crippen molar-refractivity contribution in [2.45, 2.75) is 0 Å². The summed E-state index contributed by atoms with van der Waals surface area (Å²) >= 11 is 6.59. The summed E-state index contributed by atoms with van der Waals surface area (Å²) in [6, 6.07) is 9.58. The van der Waals surface area contributed by atoms with Gasteiger partial charge in [0.15, 0.2) is 17.3 Å². The van der Waals surface area contributed by atoms with Crippen LogP contribution in [0.4, 0.5) is 4.79 Å². The van der Waals surface area contributed by atoms with Crippen molar-refractivity contribution in [1.82, 2.24) is 4.90 Å². The van der Waals surface area contributed by atoms with Gasteiger partial charge in [-0.1, -0.05) is 11.6 Å². The highest BCUT2D eigenvalue weighted by Crippen LogP contribution is 2.40. The first-order valence-corrected chi connectivity index (χ1v) is 9.91. The van der Waals surface area contributed by atoms with Gasteiger partial charge in [0.05, 0.1) is 32.8 Å². The van der Waals surface area contributed by atoms with Crippen LogP contribution in [0.2, 0.25) is 5.02 Å². The molecule has 2 aromatic carbocycles. The minimum Gasteiger partial charge on any atom is -0.493 e. The van der Waals surface area contributed by atoms with Gasteiger partial charge in [0.25, 0.3) is 11.1 Å². The minimum atomic E-state index is -0.541. The highest BCUT2D eigenvalue weighted by molar-refractivity contribution is 8.18. The molecule has 0 aromatic heterocycles. The van der Waals surface area contributed by atoms with Crippen LogP contribution in [0, 0.1) is 0 Å². The predicted molar refractivity (Wildman–Crippen MR) is 115 cm³/mol. The molecule has 0 unspecified atom stereocenters. The minimum absolute atomic E-state index is 0.193. The van der Waals surface area contributed by atoms with Crippen molar-refractivity contribution in [3.05, 3.63) is 57.5 Å². The third kappa shape index (κ3) is 4.44. The molecule has 9 heteroatoms. The number of thioether (sulfide) groups is 1. The van der Waals surface area contributed by atoms with Gasteiger partial charge in [0.2, 0.25) is 5.75 Å². The molecule has 0 atom stereocenters. The van der Waals surface area contributed by atoms with Gasteiger partial charge in [-0.05, 0) is 59.8 Å². The lowest BCUT2D eigenvalue weighted by molar-refractivity contribution is -0.122. The number of rotatable bonds is 7. The van der Waals surface area contributed by atoms with E-state index in [0.29, 0.717) is 33.4 Å². The Bertz CT molecular complexity index is 1010. The number of imide groups is 1. The summed E-state index contributed by atoms with van der Waals surface area (Å²) in [6.07, 6.45) is 1.54. The number of amides is 2. The molecule has 0 N–H and O–H groups in total. The Labute approximate surface area is 182 Å². The van der Waals surface area contributed by atoms with E-state index in [1.165, 1.54) is 21.3 Å². The summed E-state index contributed by atoms with van der Waals surface area (Å²) in [4.78, 5) is 38.6. The zero-order valence-corrected chi connectivity index (χ0v) is 18.0. The Morgan fingerprint density at radius 3 is 2.17 bits per heavy atom. The summed E-state index contributed by atoms with van der Waals surface area (Å²) in [6.45, 7) is -0.348. The van der Waals surface area contributed by atoms with Crippen molar-refractivity contribution in [3.8, 4) is 17.2 Å². The number of benzene rings is 2. The van der Waals surface area contributed by atoms with Crippen LogP contribution >= 0.6 is 23.4 Å². The number of halogens is 1. The molecule has 2 aromatic rings. The summed E-state index contributed by atoms with van der Waals surface area (Å²) < 4.78 is 15.9. The van der Waals surface area contributed by atoms with Crippen LogP contribution in [0.3, 0.4) is 0 Å². The largest absolute Gasteiger partial charge is 0.493 e. The van der Waals surface area contributed by atoms with E-state index >= 15 is 0 Å². The molecule has 0 radical (unpaired) electrons. The highest BCUT2D eigenvalue weighted by Gasteiger charge is 2.36. The molecule has 2 amide bonds. The lowest BCUT2D eigenvalue weighted by Crippen LogP contribution is -2.33. The number of ketones is 1. The fourth-order valence-electron chi connectivity index (χ4n) is 2.84. The summed E-state index contributed by atoms with van der Waals surface area (Å²) in [5.41, 5.74) is 0.950. The number of hydrogen-bond donors (Lipinski definition) is 0. The first-order chi connectivity index (χ1) is 14.4. The lowest BCUT2D eigenvalue weighted by Gasteiger charge is -2.13. The predicted octanol–water partition coefficient (Wildman–Crippen LogP) is 4.29. The van der Waals surface area contributed by atoms with Crippen molar-refractivity contribution < 1.29 is 28.6 Å². The van der Waals surface area contributed by atoms with Crippen LogP contribution in [0.1, 0.15) is 15.9 Å². The number of carbonyl (C=O) groups is 3. The van der Waals surface area contributed by atoms with Gasteiger partial charge in [-0.3, -0.25) is 19.3 Å². The lowest BCUT2D eigenvalue weighted by atomic mass is 10.1. The van der Waals surface area contributed by atoms with Gasteiger partial charge in [0, 0.05) is 10.6 Å². The molecule has 30 heavy (non-hydrogen) atoms. The second kappa shape index (κ2) is 9.23. The molecule has 7 nitrogen and oxygen atoms in total. The summed E-state index contributed by atoms with van der Waals surface area (Å²) in [5.74, 6) is 0.350. The van der Waals surface area contributed by atoms with Gasteiger partial charge in [-0.15, -0.1) is 0 Å². The Morgan fingerprint density at radius 1 is 1.03 bits per heavy atom. The maximum atomic E-state index is 12.7. The van der Waals surface area contributed by atoms with E-state index < -0.39 is 11.1 Å². The Kier molecular flexibility index (Phi) is 6.69. The third-order valence-corrected chi connectivity index (χ3v) is 5.49. The van der Waals surface area contributed by atoms with E-state index in [-0.39, 0.29) is 17.2 Å². The first kappa shape index (κ1) is 21.7. The van der Waals surface area contributed by atoms with Crippen molar-refractivity contribution in [2.24, 2.45) is 0 Å². The smallest absolute Gasteiger partial charge is 0.293 e. The quantitative estimate of drug-likeness (QED) is 0.462. The average Bonchev–Trinajstić information content (AvgIpc) is 3.00. The number of ether oxygens (including phenoxy) is 3. The number of methoxy groups -OCH3 is 3. The van der Waals surface area contributed by atoms with Crippen LogP contribution in [0.15, 0.2) is 41.3 Å². The molecule has 3 rings (SSSR count). The van der Waals surface area contributed by atoms with E-state index in [0.717, 1.165) is 16.7 Å². The fraction of sp³-hybridized carbons (Fsp3) is 0.190. The van der Waals surface area contributed by atoms with E-state index in [9.17, 15) is 14.4 Å². The second-order valence-electron chi connectivity index (χ2n) is 6.16. The van der Waals surface area contributed by atoms with Crippen molar-refractivity contribution >= 4 is 46.4 Å². The molecule has 156 valence electrons. The van der Waals surface area contributed by atoms with Crippen LogP contribution in [-0.2, 0) is 4.79 Å². The van der Waals surface area contributed by atoms with Gasteiger partial charge in [-0.2, -0.15) is 0 Å². The number of Topliss-reactive ketones (excluding diaryl/α,β-unsaturated/α-hetero) is 1. The summed E-state index contributed by atoms with van der Waals surface area (Å²) in [5, 5.41) is -0.0213. The number of hydrogen-bond acceptors (Lipinski definition) is 7. The van der Waals surface area contributed by atoms with Crippen molar-refractivity contribution in [2.75, 3.05) is 27.9 Å². The van der Waals surface area contributed by atoms with Crippen molar-refractivity contribution in [1.29, 1.82) is 0 Å². The van der Waals surface area contributed by atoms with E-state index in [2.05, 4.69) is 0 Å². The fourth-order valence-corrected chi connectivity index (χ4v) is 3.81. The molecule has 1 aliphatic rings. The second-order valence-corrected chi connectivity index (χ2v) is 7.59. The molecule has 1 heterocycles.